The molecule has 1 aliphatic rings. The average Bonchev–Trinajstić information content (AvgIpc) is 3.00. The Morgan fingerprint density at radius 1 is 1.53 bits per heavy atom. The Morgan fingerprint density at radius 3 is 2.71 bits per heavy atom. The number of benzene rings is 1. The summed E-state index contributed by atoms with van der Waals surface area (Å²) >= 11 is 0. The van der Waals surface area contributed by atoms with Crippen LogP contribution in [-0.4, -0.2) is 46.9 Å². The molecule has 0 unspecified atom stereocenters. The molecule has 2 rings (SSSR count). The largest absolute Gasteiger partial charge is 0.372 e. The summed E-state index contributed by atoms with van der Waals surface area (Å²) in [5.74, 6) is 0. The summed E-state index contributed by atoms with van der Waals surface area (Å²) in [5, 5.41) is 0. The van der Waals surface area contributed by atoms with Crippen LogP contribution in [0.5, 0.6) is 0 Å². The van der Waals surface area contributed by atoms with Gasteiger partial charge >= 0.3 is 0 Å². The van der Waals surface area contributed by atoms with Gasteiger partial charge in [-0.3, -0.25) is 0 Å². The molecule has 1 aromatic rings. The highest BCUT2D eigenvalue weighted by atomic mass is 32.2. The van der Waals surface area contributed by atoms with Crippen LogP contribution < -0.4 is 5.46 Å². The van der Waals surface area contributed by atoms with Crippen molar-refractivity contribution >= 4 is 23.3 Å². The molecule has 0 aliphatic carbocycles. The first-order chi connectivity index (χ1) is 7.91. The Balaban J connectivity index is 2.29. The molecule has 0 N–H and O–H groups in total. The van der Waals surface area contributed by atoms with Crippen LogP contribution in [-0.2, 0) is 14.8 Å². The molecule has 6 heteroatoms. The molecular formula is C11H14BNO3S. The smallest absolute Gasteiger partial charge is 0.242 e. The Labute approximate surface area is 103 Å². The van der Waals surface area contributed by atoms with Crippen LogP contribution in [0.4, 0.5) is 0 Å². The Bertz CT molecular complexity index is 526. The van der Waals surface area contributed by atoms with Crippen LogP contribution in [0.2, 0.25) is 0 Å². The van der Waals surface area contributed by atoms with E-state index < -0.39 is 10.0 Å². The molecule has 0 amide bonds. The van der Waals surface area contributed by atoms with E-state index in [1.54, 1.807) is 18.2 Å². The zero-order valence-electron chi connectivity index (χ0n) is 9.88. The summed E-state index contributed by atoms with van der Waals surface area (Å²) < 4.78 is 30.7. The van der Waals surface area contributed by atoms with Crippen molar-refractivity contribution in [3.05, 3.63) is 23.8 Å². The second kappa shape index (κ2) is 4.44. The van der Waals surface area contributed by atoms with Crippen LogP contribution in [0.15, 0.2) is 23.1 Å². The van der Waals surface area contributed by atoms with Gasteiger partial charge in [0.15, 0.2) is 0 Å². The molecule has 1 saturated heterocycles. The number of aryl methyl sites for hydroxylation is 1. The number of nitrogens with zero attached hydrogens (tertiary/aromatic N) is 1. The summed E-state index contributed by atoms with van der Waals surface area (Å²) in [6.07, 6.45) is 0.0291. The maximum atomic E-state index is 12.2. The van der Waals surface area contributed by atoms with E-state index in [1.165, 1.54) is 11.4 Å². The van der Waals surface area contributed by atoms with Crippen molar-refractivity contribution in [1.82, 2.24) is 4.31 Å². The van der Waals surface area contributed by atoms with Gasteiger partial charge in [-0.15, -0.1) is 0 Å². The fraction of sp³-hybridized carbons (Fsp3) is 0.455. The van der Waals surface area contributed by atoms with Gasteiger partial charge in [0.05, 0.1) is 17.6 Å². The molecule has 17 heavy (non-hydrogen) atoms. The Kier molecular flexibility index (Phi) is 3.29. The van der Waals surface area contributed by atoms with Crippen LogP contribution in [0.3, 0.4) is 0 Å². The standard InChI is InChI=1S/C11H14BNO3S/c1-8-3-4-11(10(12)5-8)17(14,15)13(2)6-9-7-16-9/h3-5,9H,6-7H2,1-2H3/t9-/m0/s1. The normalized spacial score (nSPS) is 19.6. The molecule has 4 nitrogen and oxygen atoms in total. The first-order valence-corrected chi connectivity index (χ1v) is 6.79. The lowest BCUT2D eigenvalue weighted by Crippen LogP contribution is -2.33. The zero-order chi connectivity index (χ0) is 12.6. The quantitative estimate of drug-likeness (QED) is 0.550. The van der Waals surface area contributed by atoms with Crippen molar-refractivity contribution in [1.29, 1.82) is 0 Å². The van der Waals surface area contributed by atoms with Crippen LogP contribution in [0, 0.1) is 6.92 Å². The number of sulfonamides is 1. The minimum absolute atomic E-state index is 0.0291. The van der Waals surface area contributed by atoms with E-state index in [9.17, 15) is 8.42 Å². The lowest BCUT2D eigenvalue weighted by Gasteiger charge is -2.18. The summed E-state index contributed by atoms with van der Waals surface area (Å²) in [4.78, 5) is 0.159. The summed E-state index contributed by atoms with van der Waals surface area (Å²) in [6, 6.07) is 4.95. The summed E-state index contributed by atoms with van der Waals surface area (Å²) in [7, 11) is 3.78. The van der Waals surface area contributed by atoms with E-state index >= 15 is 0 Å². The predicted octanol–water partition coefficient (Wildman–Crippen LogP) is -0.192. The number of epoxide rings is 1. The first-order valence-electron chi connectivity index (χ1n) is 5.35. The number of hydrogen-bond acceptors (Lipinski definition) is 3. The van der Waals surface area contributed by atoms with Gasteiger partial charge in [0.2, 0.25) is 10.0 Å². The van der Waals surface area contributed by atoms with E-state index in [-0.39, 0.29) is 16.5 Å². The highest BCUT2D eigenvalue weighted by molar-refractivity contribution is 7.89. The number of rotatable bonds is 4. The molecule has 2 radical (unpaired) electrons. The molecule has 0 aromatic heterocycles. The van der Waals surface area contributed by atoms with Crippen molar-refractivity contribution in [3.8, 4) is 0 Å². The maximum absolute atomic E-state index is 12.2. The molecule has 1 atom stereocenters. The topological polar surface area (TPSA) is 49.9 Å². The van der Waals surface area contributed by atoms with Crippen molar-refractivity contribution < 1.29 is 13.2 Å². The lowest BCUT2D eigenvalue weighted by molar-refractivity contribution is 0.359. The Hall–Kier alpha value is -0.845. The highest BCUT2D eigenvalue weighted by Crippen LogP contribution is 2.17. The molecule has 1 fully saturated rings. The number of likely N-dealkylation sites (N-methyl/N-ethyl adjacent to an activating group) is 1. The van der Waals surface area contributed by atoms with Crippen LogP contribution in [0.25, 0.3) is 0 Å². The second-order valence-electron chi connectivity index (χ2n) is 4.28. The van der Waals surface area contributed by atoms with Gasteiger partial charge in [0.1, 0.15) is 7.85 Å². The van der Waals surface area contributed by atoms with E-state index in [1.807, 2.05) is 6.92 Å². The molecule has 0 spiro atoms. The minimum atomic E-state index is -3.51. The van der Waals surface area contributed by atoms with E-state index in [2.05, 4.69) is 0 Å². The SMILES string of the molecule is [B]c1cc(C)ccc1S(=O)(=O)N(C)C[C@H]1CO1. The highest BCUT2D eigenvalue weighted by Gasteiger charge is 2.30. The van der Waals surface area contributed by atoms with Gasteiger partial charge in [0, 0.05) is 13.6 Å². The van der Waals surface area contributed by atoms with Crippen molar-refractivity contribution in [2.45, 2.75) is 17.9 Å². The van der Waals surface area contributed by atoms with Crippen molar-refractivity contribution in [3.63, 3.8) is 0 Å². The molecule has 1 heterocycles. The fourth-order valence-corrected chi connectivity index (χ4v) is 2.92. The van der Waals surface area contributed by atoms with Gasteiger partial charge in [0.25, 0.3) is 0 Å². The molecule has 90 valence electrons. The summed E-state index contributed by atoms with van der Waals surface area (Å²) in [6.45, 7) is 2.87. The first kappa shape index (κ1) is 12.6. The van der Waals surface area contributed by atoms with Crippen molar-refractivity contribution in [2.75, 3.05) is 20.2 Å². The minimum Gasteiger partial charge on any atom is -0.372 e. The van der Waals surface area contributed by atoms with Crippen LogP contribution in [0.1, 0.15) is 5.56 Å². The fourth-order valence-electron chi connectivity index (χ4n) is 1.63. The molecule has 0 bridgehead atoms. The average molecular weight is 251 g/mol. The van der Waals surface area contributed by atoms with E-state index in [0.29, 0.717) is 13.2 Å². The van der Waals surface area contributed by atoms with Gasteiger partial charge in [-0.1, -0.05) is 23.2 Å². The number of hydrogen-bond donors (Lipinski definition) is 0. The monoisotopic (exact) mass is 251 g/mol. The van der Waals surface area contributed by atoms with Gasteiger partial charge in [-0.05, 0) is 13.0 Å². The lowest BCUT2D eigenvalue weighted by atomic mass is 9.95. The zero-order valence-corrected chi connectivity index (χ0v) is 10.7. The Morgan fingerprint density at radius 2 is 2.18 bits per heavy atom. The third-order valence-electron chi connectivity index (χ3n) is 2.72. The van der Waals surface area contributed by atoms with Gasteiger partial charge in [-0.25, -0.2) is 8.42 Å². The molecule has 1 aliphatic heterocycles. The molecular weight excluding hydrogens is 237 g/mol. The number of ether oxygens (including phenoxy) is 1. The maximum Gasteiger partial charge on any atom is 0.242 e. The van der Waals surface area contributed by atoms with Gasteiger partial charge < -0.3 is 4.74 Å². The second-order valence-corrected chi connectivity index (χ2v) is 6.30. The van der Waals surface area contributed by atoms with E-state index in [0.717, 1.165) is 5.56 Å². The van der Waals surface area contributed by atoms with Crippen LogP contribution >= 0.6 is 0 Å². The van der Waals surface area contributed by atoms with E-state index in [4.69, 9.17) is 12.6 Å². The van der Waals surface area contributed by atoms with Gasteiger partial charge in [-0.2, -0.15) is 4.31 Å². The third kappa shape index (κ3) is 2.70. The molecule has 0 saturated carbocycles. The molecule has 1 aromatic carbocycles. The van der Waals surface area contributed by atoms with Crippen molar-refractivity contribution in [2.24, 2.45) is 0 Å². The third-order valence-corrected chi connectivity index (χ3v) is 4.61. The predicted molar refractivity (Wildman–Crippen MR) is 66.1 cm³/mol. The summed E-state index contributed by atoms with van der Waals surface area (Å²) in [5.41, 5.74) is 1.23.